The number of aromatic nitrogens is 2. The lowest BCUT2D eigenvalue weighted by molar-refractivity contribution is 0.578. The smallest absolute Gasteiger partial charge is 0.243 e. The number of nitrogens with one attached hydrogen (secondary N) is 2. The standard InChI is InChI=1S/C13H17N5O2S/c14-18-13-15-9-12(10-16-13)21(19,20)17-8-4-7-11-5-2-1-3-6-11/h1-3,5-6,9-10,17H,4,7-8,14H2,(H,15,16,18). The van der Waals surface area contributed by atoms with Gasteiger partial charge in [0.05, 0.1) is 12.4 Å². The van der Waals surface area contributed by atoms with Crippen LogP contribution in [-0.2, 0) is 16.4 Å². The molecule has 1 aromatic carbocycles. The van der Waals surface area contributed by atoms with E-state index in [1.54, 1.807) is 0 Å². The summed E-state index contributed by atoms with van der Waals surface area (Å²) in [6.07, 6.45) is 3.95. The van der Waals surface area contributed by atoms with Crippen molar-refractivity contribution >= 4 is 16.0 Å². The zero-order valence-electron chi connectivity index (χ0n) is 11.4. The molecule has 0 aliphatic heterocycles. The van der Waals surface area contributed by atoms with E-state index in [-0.39, 0.29) is 10.8 Å². The number of aryl methyl sites for hydroxylation is 1. The molecule has 0 spiro atoms. The summed E-state index contributed by atoms with van der Waals surface area (Å²) in [5, 5.41) is 0. The Morgan fingerprint density at radius 3 is 2.38 bits per heavy atom. The molecule has 1 aromatic heterocycles. The van der Waals surface area contributed by atoms with Crippen LogP contribution in [0.4, 0.5) is 5.95 Å². The molecule has 4 N–H and O–H groups in total. The van der Waals surface area contributed by atoms with Gasteiger partial charge in [-0.2, -0.15) is 0 Å². The number of nitrogen functional groups attached to an aromatic ring is 1. The van der Waals surface area contributed by atoms with Crippen LogP contribution in [0.3, 0.4) is 0 Å². The van der Waals surface area contributed by atoms with Crippen molar-refractivity contribution in [3.05, 3.63) is 48.3 Å². The zero-order valence-corrected chi connectivity index (χ0v) is 12.2. The number of sulfonamides is 1. The van der Waals surface area contributed by atoms with Gasteiger partial charge in [0.1, 0.15) is 4.90 Å². The fourth-order valence-electron chi connectivity index (χ4n) is 1.76. The second-order valence-corrected chi connectivity index (χ2v) is 6.14. The Kier molecular flexibility index (Phi) is 5.20. The zero-order chi connectivity index (χ0) is 15.1. The Labute approximate surface area is 123 Å². The van der Waals surface area contributed by atoms with Gasteiger partial charge < -0.3 is 0 Å². The summed E-state index contributed by atoms with van der Waals surface area (Å²) in [5.74, 6) is 5.29. The Morgan fingerprint density at radius 2 is 1.76 bits per heavy atom. The van der Waals surface area contributed by atoms with Crippen LogP contribution >= 0.6 is 0 Å². The summed E-state index contributed by atoms with van der Waals surface area (Å²) < 4.78 is 26.5. The molecule has 0 unspecified atom stereocenters. The van der Waals surface area contributed by atoms with Crippen molar-refractivity contribution in [2.24, 2.45) is 5.84 Å². The highest BCUT2D eigenvalue weighted by molar-refractivity contribution is 7.89. The Bertz CT molecular complexity index is 659. The summed E-state index contributed by atoms with van der Waals surface area (Å²) >= 11 is 0. The van der Waals surface area contributed by atoms with Crippen LogP contribution in [0.2, 0.25) is 0 Å². The molecule has 0 aliphatic carbocycles. The highest BCUT2D eigenvalue weighted by Crippen LogP contribution is 2.07. The minimum Gasteiger partial charge on any atom is -0.292 e. The fourth-order valence-corrected chi connectivity index (χ4v) is 2.72. The molecule has 0 radical (unpaired) electrons. The molecule has 0 atom stereocenters. The van der Waals surface area contributed by atoms with Gasteiger partial charge >= 0.3 is 0 Å². The van der Waals surface area contributed by atoms with Crippen LogP contribution < -0.4 is 16.0 Å². The van der Waals surface area contributed by atoms with E-state index >= 15 is 0 Å². The van der Waals surface area contributed by atoms with Gasteiger partial charge in [0.15, 0.2) is 0 Å². The highest BCUT2D eigenvalue weighted by atomic mass is 32.2. The maximum absolute atomic E-state index is 12.0. The van der Waals surface area contributed by atoms with E-state index in [1.807, 2.05) is 30.3 Å². The first-order valence-electron chi connectivity index (χ1n) is 6.44. The minimum atomic E-state index is -3.58. The highest BCUT2D eigenvalue weighted by Gasteiger charge is 2.14. The first kappa shape index (κ1) is 15.4. The summed E-state index contributed by atoms with van der Waals surface area (Å²) in [5.41, 5.74) is 3.42. The maximum atomic E-state index is 12.0. The molecule has 0 amide bonds. The fraction of sp³-hybridized carbons (Fsp3) is 0.231. The molecule has 2 aromatic rings. The van der Waals surface area contributed by atoms with Crippen LogP contribution in [0.5, 0.6) is 0 Å². The normalized spacial score (nSPS) is 11.3. The molecule has 0 saturated heterocycles. The number of anilines is 1. The van der Waals surface area contributed by atoms with Gasteiger partial charge in [-0.15, -0.1) is 0 Å². The molecule has 0 fully saturated rings. The number of hydrazine groups is 1. The molecule has 8 heteroatoms. The average molecular weight is 307 g/mol. The minimum absolute atomic E-state index is 0.0150. The molecule has 112 valence electrons. The number of benzene rings is 1. The molecule has 0 aliphatic rings. The maximum Gasteiger partial charge on any atom is 0.243 e. The largest absolute Gasteiger partial charge is 0.292 e. The third kappa shape index (κ3) is 4.48. The van der Waals surface area contributed by atoms with Crippen LogP contribution in [0, 0.1) is 0 Å². The van der Waals surface area contributed by atoms with Crippen molar-refractivity contribution in [3.63, 3.8) is 0 Å². The molecular weight excluding hydrogens is 290 g/mol. The van der Waals surface area contributed by atoms with Gasteiger partial charge in [0.2, 0.25) is 16.0 Å². The van der Waals surface area contributed by atoms with Crippen LogP contribution in [0.1, 0.15) is 12.0 Å². The van der Waals surface area contributed by atoms with E-state index in [1.165, 1.54) is 18.0 Å². The van der Waals surface area contributed by atoms with Gasteiger partial charge in [0.25, 0.3) is 0 Å². The van der Waals surface area contributed by atoms with E-state index < -0.39 is 10.0 Å². The molecule has 21 heavy (non-hydrogen) atoms. The van der Waals surface area contributed by atoms with Crippen molar-refractivity contribution in [1.82, 2.24) is 14.7 Å². The van der Waals surface area contributed by atoms with E-state index in [4.69, 9.17) is 5.84 Å². The summed E-state index contributed by atoms with van der Waals surface area (Å²) in [6, 6.07) is 9.90. The number of hydrogen-bond donors (Lipinski definition) is 3. The monoisotopic (exact) mass is 307 g/mol. The summed E-state index contributed by atoms with van der Waals surface area (Å²) in [4.78, 5) is 7.56. The van der Waals surface area contributed by atoms with Gasteiger partial charge in [-0.1, -0.05) is 30.3 Å². The lowest BCUT2D eigenvalue weighted by Crippen LogP contribution is -2.25. The lowest BCUT2D eigenvalue weighted by atomic mass is 10.1. The summed E-state index contributed by atoms with van der Waals surface area (Å²) in [7, 11) is -3.58. The average Bonchev–Trinajstić information content (AvgIpc) is 2.53. The van der Waals surface area contributed by atoms with E-state index in [0.717, 1.165) is 6.42 Å². The number of nitrogens with zero attached hydrogens (tertiary/aromatic N) is 2. The Morgan fingerprint density at radius 1 is 1.10 bits per heavy atom. The van der Waals surface area contributed by atoms with Crippen molar-refractivity contribution < 1.29 is 8.42 Å². The van der Waals surface area contributed by atoms with Crippen LogP contribution in [-0.4, -0.2) is 24.9 Å². The first-order chi connectivity index (χ1) is 10.1. The summed E-state index contributed by atoms with van der Waals surface area (Å²) in [6.45, 7) is 0.355. The van der Waals surface area contributed by atoms with E-state index in [0.29, 0.717) is 13.0 Å². The number of rotatable bonds is 7. The predicted molar refractivity (Wildman–Crippen MR) is 79.8 cm³/mol. The second-order valence-electron chi connectivity index (χ2n) is 4.37. The van der Waals surface area contributed by atoms with Gasteiger partial charge in [-0.3, -0.25) is 5.43 Å². The predicted octanol–water partition coefficient (Wildman–Crippen LogP) is 0.673. The van der Waals surface area contributed by atoms with Crippen LogP contribution in [0.25, 0.3) is 0 Å². The molecule has 7 nitrogen and oxygen atoms in total. The third-order valence-corrected chi connectivity index (χ3v) is 4.26. The Hall–Kier alpha value is -2.03. The van der Waals surface area contributed by atoms with Gasteiger partial charge in [-0.05, 0) is 18.4 Å². The second kappa shape index (κ2) is 7.11. The number of hydrogen-bond acceptors (Lipinski definition) is 6. The van der Waals surface area contributed by atoms with Crippen molar-refractivity contribution in [1.29, 1.82) is 0 Å². The van der Waals surface area contributed by atoms with Crippen molar-refractivity contribution in [2.45, 2.75) is 17.7 Å². The molecule has 0 saturated carbocycles. The number of nitrogens with two attached hydrogens (primary N) is 1. The molecule has 0 bridgehead atoms. The van der Waals surface area contributed by atoms with E-state index in [9.17, 15) is 8.42 Å². The Balaban J connectivity index is 1.86. The quantitative estimate of drug-likeness (QED) is 0.394. The van der Waals surface area contributed by atoms with E-state index in [2.05, 4.69) is 20.1 Å². The van der Waals surface area contributed by atoms with Crippen LogP contribution in [0.15, 0.2) is 47.6 Å². The van der Waals surface area contributed by atoms with Crippen molar-refractivity contribution in [2.75, 3.05) is 12.0 Å². The SMILES string of the molecule is NNc1ncc(S(=O)(=O)NCCCc2ccccc2)cn1. The molecule has 1 heterocycles. The van der Waals surface area contributed by atoms with Gasteiger partial charge in [-0.25, -0.2) is 29.0 Å². The van der Waals surface area contributed by atoms with Crippen molar-refractivity contribution in [3.8, 4) is 0 Å². The molecular formula is C13H17N5O2S. The molecule has 2 rings (SSSR count). The third-order valence-electron chi connectivity index (χ3n) is 2.84. The first-order valence-corrected chi connectivity index (χ1v) is 7.92. The van der Waals surface area contributed by atoms with Gasteiger partial charge in [0, 0.05) is 6.54 Å². The lowest BCUT2D eigenvalue weighted by Gasteiger charge is -2.06. The topological polar surface area (TPSA) is 110 Å².